The van der Waals surface area contributed by atoms with Crippen molar-refractivity contribution in [3.05, 3.63) is 59.7 Å². The Morgan fingerprint density at radius 3 is 2.40 bits per heavy atom. The molecule has 25 heavy (non-hydrogen) atoms. The van der Waals surface area contributed by atoms with E-state index in [9.17, 15) is 4.79 Å². The minimum atomic E-state index is -0.00187. The molecule has 1 amide bonds. The summed E-state index contributed by atoms with van der Waals surface area (Å²) in [5.74, 6) is 1.75. The molecule has 2 atom stereocenters. The van der Waals surface area contributed by atoms with Gasteiger partial charge in [0.1, 0.15) is 0 Å². The van der Waals surface area contributed by atoms with Crippen LogP contribution in [0.2, 0.25) is 0 Å². The van der Waals surface area contributed by atoms with Gasteiger partial charge in [-0.2, -0.15) is 0 Å². The highest BCUT2D eigenvalue weighted by Gasteiger charge is 2.28. The van der Waals surface area contributed by atoms with Crippen LogP contribution in [-0.2, 0) is 0 Å². The maximum absolute atomic E-state index is 12.6. The molecule has 0 aliphatic heterocycles. The zero-order valence-electron chi connectivity index (χ0n) is 14.8. The van der Waals surface area contributed by atoms with Gasteiger partial charge in [-0.3, -0.25) is 4.79 Å². The Hall–Kier alpha value is -2.49. The number of carbonyl (C=O) groups excluding carboxylic acids is 1. The summed E-state index contributed by atoms with van der Waals surface area (Å²) in [6, 6.07) is 15.6. The minimum absolute atomic E-state index is 0.00187. The molecule has 0 saturated heterocycles. The first-order chi connectivity index (χ1) is 12.2. The molecule has 0 heterocycles. The third kappa shape index (κ3) is 3.95. The van der Waals surface area contributed by atoms with Crippen molar-refractivity contribution in [2.45, 2.75) is 37.6 Å². The molecule has 1 saturated carbocycles. The SMILES string of the molecule is COc1ccc(C2CCCCC2NC(=O)c2ccccc2)cc1OC. The summed E-state index contributed by atoms with van der Waals surface area (Å²) >= 11 is 0. The zero-order chi connectivity index (χ0) is 17.6. The number of nitrogens with one attached hydrogen (secondary N) is 1. The molecule has 2 unspecified atom stereocenters. The zero-order valence-corrected chi connectivity index (χ0v) is 14.8. The first-order valence-electron chi connectivity index (χ1n) is 8.80. The monoisotopic (exact) mass is 339 g/mol. The van der Waals surface area contributed by atoms with Crippen LogP contribution in [0.25, 0.3) is 0 Å². The van der Waals surface area contributed by atoms with Crippen molar-refractivity contribution in [3.63, 3.8) is 0 Å². The van der Waals surface area contributed by atoms with Gasteiger partial charge in [-0.15, -0.1) is 0 Å². The number of amides is 1. The maximum atomic E-state index is 12.6. The van der Waals surface area contributed by atoms with Gasteiger partial charge in [0.15, 0.2) is 11.5 Å². The molecule has 0 bridgehead atoms. The smallest absolute Gasteiger partial charge is 0.251 e. The second-order valence-corrected chi connectivity index (χ2v) is 6.45. The highest BCUT2D eigenvalue weighted by Crippen LogP contribution is 2.37. The van der Waals surface area contributed by atoms with E-state index in [4.69, 9.17) is 9.47 Å². The van der Waals surface area contributed by atoms with E-state index in [1.54, 1.807) is 14.2 Å². The Morgan fingerprint density at radius 1 is 0.960 bits per heavy atom. The van der Waals surface area contributed by atoms with Crippen LogP contribution in [0.1, 0.15) is 47.5 Å². The average Bonchev–Trinajstić information content (AvgIpc) is 2.68. The summed E-state index contributed by atoms with van der Waals surface area (Å²) in [7, 11) is 3.29. The number of ether oxygens (including phenoxy) is 2. The molecule has 2 aromatic rings. The van der Waals surface area contributed by atoms with Gasteiger partial charge in [0.25, 0.3) is 5.91 Å². The normalized spacial score (nSPS) is 19.9. The first kappa shape index (κ1) is 17.3. The molecule has 4 nitrogen and oxygen atoms in total. The molecule has 1 N–H and O–H groups in total. The Balaban J connectivity index is 1.80. The van der Waals surface area contributed by atoms with Crippen LogP contribution < -0.4 is 14.8 Å². The van der Waals surface area contributed by atoms with Gasteiger partial charge in [0, 0.05) is 17.5 Å². The van der Waals surface area contributed by atoms with Gasteiger partial charge < -0.3 is 14.8 Å². The lowest BCUT2D eigenvalue weighted by atomic mass is 9.79. The quantitative estimate of drug-likeness (QED) is 0.890. The Bertz CT molecular complexity index is 714. The summed E-state index contributed by atoms with van der Waals surface area (Å²) in [4.78, 5) is 12.6. The second-order valence-electron chi connectivity index (χ2n) is 6.45. The summed E-state index contributed by atoms with van der Waals surface area (Å²) < 4.78 is 10.8. The fourth-order valence-corrected chi connectivity index (χ4v) is 3.63. The number of hydrogen-bond acceptors (Lipinski definition) is 3. The van der Waals surface area contributed by atoms with Crippen LogP contribution in [-0.4, -0.2) is 26.2 Å². The van der Waals surface area contributed by atoms with Crippen LogP contribution in [0.5, 0.6) is 11.5 Å². The van der Waals surface area contributed by atoms with Crippen molar-refractivity contribution in [1.29, 1.82) is 0 Å². The molecular formula is C21H25NO3. The molecular weight excluding hydrogens is 314 g/mol. The lowest BCUT2D eigenvalue weighted by Gasteiger charge is -2.33. The summed E-state index contributed by atoms with van der Waals surface area (Å²) in [6.45, 7) is 0. The van der Waals surface area contributed by atoms with Crippen molar-refractivity contribution < 1.29 is 14.3 Å². The lowest BCUT2D eigenvalue weighted by molar-refractivity contribution is 0.0920. The van der Waals surface area contributed by atoms with Gasteiger partial charge in [0.05, 0.1) is 14.2 Å². The average molecular weight is 339 g/mol. The molecule has 1 aliphatic rings. The van der Waals surface area contributed by atoms with E-state index in [1.165, 1.54) is 12.0 Å². The standard InChI is InChI=1S/C21H25NO3/c1-24-19-13-12-16(14-20(19)25-2)17-10-6-7-11-18(17)22-21(23)15-8-4-3-5-9-15/h3-5,8-9,12-14,17-18H,6-7,10-11H2,1-2H3,(H,22,23). The predicted molar refractivity (Wildman–Crippen MR) is 98.5 cm³/mol. The molecule has 4 heteroatoms. The highest BCUT2D eigenvalue weighted by molar-refractivity contribution is 5.94. The fourth-order valence-electron chi connectivity index (χ4n) is 3.63. The molecule has 0 spiro atoms. The van der Waals surface area contributed by atoms with Crippen LogP contribution >= 0.6 is 0 Å². The predicted octanol–water partition coefficient (Wildman–Crippen LogP) is 4.16. The highest BCUT2D eigenvalue weighted by atomic mass is 16.5. The third-order valence-corrected chi connectivity index (χ3v) is 4.95. The van der Waals surface area contributed by atoms with Gasteiger partial charge in [-0.25, -0.2) is 0 Å². The minimum Gasteiger partial charge on any atom is -0.493 e. The number of hydrogen-bond donors (Lipinski definition) is 1. The van der Waals surface area contributed by atoms with Crippen LogP contribution in [0.4, 0.5) is 0 Å². The number of carbonyl (C=O) groups is 1. The molecule has 1 fully saturated rings. The molecule has 0 radical (unpaired) electrons. The van der Waals surface area contributed by atoms with E-state index < -0.39 is 0 Å². The fraction of sp³-hybridized carbons (Fsp3) is 0.381. The van der Waals surface area contributed by atoms with E-state index in [1.807, 2.05) is 42.5 Å². The van der Waals surface area contributed by atoms with Crippen molar-refractivity contribution >= 4 is 5.91 Å². The molecule has 3 rings (SSSR count). The summed E-state index contributed by atoms with van der Waals surface area (Å²) in [5, 5.41) is 3.24. The molecule has 1 aliphatic carbocycles. The number of benzene rings is 2. The van der Waals surface area contributed by atoms with E-state index >= 15 is 0 Å². The molecule has 0 aromatic heterocycles. The van der Waals surface area contributed by atoms with E-state index in [0.29, 0.717) is 11.5 Å². The molecule has 132 valence electrons. The maximum Gasteiger partial charge on any atom is 0.251 e. The Morgan fingerprint density at radius 2 is 1.68 bits per heavy atom. The summed E-state index contributed by atoms with van der Waals surface area (Å²) in [5.41, 5.74) is 1.90. The largest absolute Gasteiger partial charge is 0.493 e. The van der Waals surface area contributed by atoms with Gasteiger partial charge in [0.2, 0.25) is 0 Å². The Labute approximate surface area is 149 Å². The van der Waals surface area contributed by atoms with E-state index in [-0.39, 0.29) is 11.9 Å². The van der Waals surface area contributed by atoms with Crippen LogP contribution in [0, 0.1) is 0 Å². The topological polar surface area (TPSA) is 47.6 Å². The van der Waals surface area contributed by atoms with Crippen molar-refractivity contribution in [3.8, 4) is 11.5 Å². The van der Waals surface area contributed by atoms with Crippen molar-refractivity contribution in [2.24, 2.45) is 0 Å². The molecule has 2 aromatic carbocycles. The van der Waals surface area contributed by atoms with Crippen molar-refractivity contribution in [1.82, 2.24) is 5.32 Å². The van der Waals surface area contributed by atoms with Gasteiger partial charge >= 0.3 is 0 Å². The van der Waals surface area contributed by atoms with E-state index in [2.05, 4.69) is 11.4 Å². The lowest BCUT2D eigenvalue weighted by Crippen LogP contribution is -2.41. The van der Waals surface area contributed by atoms with Gasteiger partial charge in [-0.05, 0) is 42.7 Å². The second kappa shape index (κ2) is 8.06. The Kier molecular flexibility index (Phi) is 5.59. The number of rotatable bonds is 5. The van der Waals surface area contributed by atoms with Gasteiger partial charge in [-0.1, -0.05) is 37.1 Å². The van der Waals surface area contributed by atoms with E-state index in [0.717, 1.165) is 30.8 Å². The first-order valence-corrected chi connectivity index (χ1v) is 8.80. The number of methoxy groups -OCH3 is 2. The van der Waals surface area contributed by atoms with Crippen molar-refractivity contribution in [2.75, 3.05) is 14.2 Å². The van der Waals surface area contributed by atoms with Crippen LogP contribution in [0.3, 0.4) is 0 Å². The van der Waals surface area contributed by atoms with Crippen LogP contribution in [0.15, 0.2) is 48.5 Å². The summed E-state index contributed by atoms with van der Waals surface area (Å²) in [6.07, 6.45) is 4.38. The third-order valence-electron chi connectivity index (χ3n) is 4.95.